The van der Waals surface area contributed by atoms with Crippen molar-refractivity contribution in [2.24, 2.45) is 5.50 Å². The third kappa shape index (κ3) is 4.11. The van der Waals surface area contributed by atoms with Crippen LogP contribution in [-0.2, 0) is 4.57 Å². The molecule has 3 N–H and O–H groups in total. The largest absolute Gasteiger partial charge is 0.338 e. The van der Waals surface area contributed by atoms with Crippen molar-refractivity contribution < 1.29 is 9.46 Å². The highest BCUT2D eigenvalue weighted by Crippen LogP contribution is 2.34. The highest BCUT2D eigenvalue weighted by atomic mass is 31.2. The zero-order valence-corrected chi connectivity index (χ0v) is 7.20. The fraction of sp³-hybridized carbons (Fsp3) is 0.333. The molecule has 0 saturated carbocycles. The van der Waals surface area contributed by atoms with E-state index < -0.39 is 7.67 Å². The van der Waals surface area contributed by atoms with Crippen LogP contribution in [0.3, 0.4) is 0 Å². The molecule has 64 valence electrons. The molecule has 0 aliphatic rings. The molecule has 0 bridgehead atoms. The van der Waals surface area contributed by atoms with Crippen LogP contribution in [-0.4, -0.2) is 22.7 Å². The average molecular weight is 176 g/mol. The third-order valence-corrected chi connectivity index (χ3v) is 2.22. The summed E-state index contributed by atoms with van der Waals surface area (Å²) in [6.45, 7) is 7.44. The fourth-order valence-corrected chi connectivity index (χ4v) is 1.31. The topological polar surface area (TPSA) is 66.6 Å². The molecule has 11 heavy (non-hydrogen) atoms. The summed E-state index contributed by atoms with van der Waals surface area (Å²) in [5, 5.41) is 0. The van der Waals surface area contributed by atoms with Gasteiger partial charge in [-0.15, -0.1) is 13.2 Å². The molecule has 0 saturated heterocycles. The Balaban J connectivity index is 4.20. The van der Waals surface area contributed by atoms with Gasteiger partial charge in [0.05, 0.1) is 0 Å². The number of hydrogen-bond acceptors (Lipinski definition) is 1. The van der Waals surface area contributed by atoms with Crippen LogP contribution in [0.4, 0.5) is 0 Å². The standard InChI is InChI=1S/C6H13N2O2P/c1-3-5-8(6-4-2)11(7,9)10/h3-4H,1-2,5-6H2,(H3,7,9,10). The van der Waals surface area contributed by atoms with Crippen LogP contribution < -0.4 is 5.50 Å². The number of rotatable bonds is 5. The second kappa shape index (κ2) is 4.46. The van der Waals surface area contributed by atoms with Crippen LogP contribution >= 0.6 is 7.67 Å². The van der Waals surface area contributed by atoms with Gasteiger partial charge in [-0.3, -0.25) is 4.57 Å². The lowest BCUT2D eigenvalue weighted by Gasteiger charge is -2.20. The van der Waals surface area contributed by atoms with Crippen molar-refractivity contribution in [2.75, 3.05) is 13.1 Å². The van der Waals surface area contributed by atoms with E-state index in [0.717, 1.165) is 0 Å². The van der Waals surface area contributed by atoms with E-state index in [-0.39, 0.29) is 13.1 Å². The maximum atomic E-state index is 10.9. The fourth-order valence-electron chi connectivity index (χ4n) is 0.607. The maximum absolute atomic E-state index is 10.9. The Morgan fingerprint density at radius 3 is 2.00 bits per heavy atom. The van der Waals surface area contributed by atoms with Crippen molar-refractivity contribution in [2.45, 2.75) is 0 Å². The van der Waals surface area contributed by atoms with E-state index >= 15 is 0 Å². The summed E-state index contributed by atoms with van der Waals surface area (Å²) in [5.74, 6) is 0. The summed E-state index contributed by atoms with van der Waals surface area (Å²) in [5.41, 5.74) is 4.99. The summed E-state index contributed by atoms with van der Waals surface area (Å²) in [7, 11) is -3.62. The van der Waals surface area contributed by atoms with Crippen LogP contribution in [0.15, 0.2) is 25.3 Å². The lowest BCUT2D eigenvalue weighted by Crippen LogP contribution is -2.24. The van der Waals surface area contributed by atoms with Gasteiger partial charge < -0.3 is 4.89 Å². The number of nitrogens with two attached hydrogens (primary N) is 1. The van der Waals surface area contributed by atoms with Gasteiger partial charge in [0.15, 0.2) is 0 Å². The van der Waals surface area contributed by atoms with Gasteiger partial charge in [0.25, 0.3) is 0 Å². The second-order valence-electron chi connectivity index (χ2n) is 2.04. The first kappa shape index (κ1) is 10.6. The molecule has 0 rings (SSSR count). The highest BCUT2D eigenvalue weighted by molar-refractivity contribution is 7.52. The monoisotopic (exact) mass is 176 g/mol. The van der Waals surface area contributed by atoms with Crippen molar-refractivity contribution in [3.8, 4) is 0 Å². The van der Waals surface area contributed by atoms with Crippen molar-refractivity contribution in [3.63, 3.8) is 0 Å². The molecule has 0 heterocycles. The minimum absolute atomic E-state index is 0.288. The van der Waals surface area contributed by atoms with Gasteiger partial charge in [0.1, 0.15) is 0 Å². The number of hydrogen-bond donors (Lipinski definition) is 2. The molecule has 0 aromatic carbocycles. The molecule has 0 aromatic heterocycles. The van der Waals surface area contributed by atoms with Crippen molar-refractivity contribution >= 4 is 7.67 Å². The smallest absolute Gasteiger partial charge is 0.322 e. The van der Waals surface area contributed by atoms with Gasteiger partial charge in [0, 0.05) is 13.1 Å². The molecular weight excluding hydrogens is 163 g/mol. The highest BCUT2D eigenvalue weighted by Gasteiger charge is 2.19. The van der Waals surface area contributed by atoms with E-state index in [0.29, 0.717) is 0 Å². The third-order valence-electron chi connectivity index (χ3n) is 1.08. The van der Waals surface area contributed by atoms with E-state index in [4.69, 9.17) is 10.4 Å². The van der Waals surface area contributed by atoms with E-state index in [9.17, 15) is 4.57 Å². The maximum Gasteiger partial charge on any atom is 0.338 e. The Bertz CT molecular complexity index is 177. The lowest BCUT2D eigenvalue weighted by atomic mass is 10.5. The first-order chi connectivity index (χ1) is 5.02. The van der Waals surface area contributed by atoms with E-state index in [1.165, 1.54) is 16.8 Å². The zero-order chi connectivity index (χ0) is 8.91. The van der Waals surface area contributed by atoms with Crippen LogP contribution in [0.25, 0.3) is 0 Å². The molecule has 1 unspecified atom stereocenters. The number of nitrogens with zero attached hydrogens (tertiary/aromatic N) is 1. The molecular formula is C6H13N2O2P. The van der Waals surface area contributed by atoms with Gasteiger partial charge in [-0.25, -0.2) is 10.2 Å². The second-order valence-corrected chi connectivity index (χ2v) is 3.78. The van der Waals surface area contributed by atoms with Crippen LogP contribution in [0.2, 0.25) is 0 Å². The van der Waals surface area contributed by atoms with Crippen LogP contribution in [0.5, 0.6) is 0 Å². The van der Waals surface area contributed by atoms with Crippen molar-refractivity contribution in [3.05, 3.63) is 25.3 Å². The molecule has 5 heteroatoms. The molecule has 0 fully saturated rings. The molecule has 1 atom stereocenters. The summed E-state index contributed by atoms with van der Waals surface area (Å²) >= 11 is 0. The van der Waals surface area contributed by atoms with Gasteiger partial charge in [-0.05, 0) is 0 Å². The molecule has 0 spiro atoms. The predicted molar refractivity (Wildman–Crippen MR) is 46.0 cm³/mol. The minimum atomic E-state index is -3.62. The quantitative estimate of drug-likeness (QED) is 0.478. The summed E-state index contributed by atoms with van der Waals surface area (Å²) in [6.07, 6.45) is 3.03. The Hall–Kier alpha value is -0.410. The Labute approximate surface area is 66.6 Å². The van der Waals surface area contributed by atoms with Gasteiger partial charge in [0.2, 0.25) is 0 Å². The first-order valence-electron chi connectivity index (χ1n) is 3.11. The van der Waals surface area contributed by atoms with Gasteiger partial charge in [-0.2, -0.15) is 0 Å². The van der Waals surface area contributed by atoms with Gasteiger partial charge in [-0.1, -0.05) is 12.2 Å². The molecule has 0 aliphatic carbocycles. The first-order valence-corrected chi connectivity index (χ1v) is 4.79. The summed E-state index contributed by atoms with van der Waals surface area (Å²) in [4.78, 5) is 8.90. The van der Waals surface area contributed by atoms with Crippen molar-refractivity contribution in [1.29, 1.82) is 0 Å². The normalized spacial score (nSPS) is 15.9. The Morgan fingerprint density at radius 1 is 1.45 bits per heavy atom. The summed E-state index contributed by atoms with van der Waals surface area (Å²) in [6, 6.07) is 0. The van der Waals surface area contributed by atoms with Crippen molar-refractivity contribution in [1.82, 2.24) is 4.67 Å². The van der Waals surface area contributed by atoms with E-state index in [1.54, 1.807) is 0 Å². The molecule has 0 aliphatic heterocycles. The molecule has 4 nitrogen and oxygen atoms in total. The summed E-state index contributed by atoms with van der Waals surface area (Å²) < 4.78 is 12.1. The van der Waals surface area contributed by atoms with Gasteiger partial charge >= 0.3 is 7.67 Å². The Morgan fingerprint density at radius 2 is 1.82 bits per heavy atom. The molecule has 0 aromatic rings. The molecule has 0 radical (unpaired) electrons. The van der Waals surface area contributed by atoms with E-state index in [1.807, 2.05) is 0 Å². The van der Waals surface area contributed by atoms with E-state index in [2.05, 4.69) is 13.2 Å². The SMILES string of the molecule is C=CCN(CC=C)P(N)(=O)O. The predicted octanol–water partition coefficient (Wildman–Crippen LogP) is 0.720. The molecule has 0 amide bonds. The minimum Gasteiger partial charge on any atom is -0.322 e. The van der Waals surface area contributed by atoms with Crippen LogP contribution in [0.1, 0.15) is 0 Å². The zero-order valence-electron chi connectivity index (χ0n) is 6.31. The Kier molecular flexibility index (Phi) is 4.30. The lowest BCUT2D eigenvalue weighted by molar-refractivity contribution is 0.383. The average Bonchev–Trinajstić information content (AvgIpc) is 1.85. The van der Waals surface area contributed by atoms with Crippen LogP contribution in [0, 0.1) is 0 Å².